The monoisotopic (exact) mass is 472 g/mol. The lowest BCUT2D eigenvalue weighted by atomic mass is 10.1. The fraction of sp³-hybridized carbons (Fsp3) is 0.400. The van der Waals surface area contributed by atoms with Crippen molar-refractivity contribution >= 4 is 26.9 Å². The van der Waals surface area contributed by atoms with Gasteiger partial charge in [0.25, 0.3) is 0 Å². The largest absolute Gasteiger partial charge is 0.497 e. The molecule has 0 amide bonds. The predicted molar refractivity (Wildman–Crippen MR) is 126 cm³/mol. The summed E-state index contributed by atoms with van der Waals surface area (Å²) in [5.74, 6) is 2.06. The Morgan fingerprint density at radius 2 is 1.57 bits per heavy atom. The van der Waals surface area contributed by atoms with E-state index in [1.54, 1.807) is 20.1 Å². The molecule has 0 fully saturated rings. The topological polar surface area (TPSA) is 48.7 Å². The highest BCUT2D eigenvalue weighted by Gasteiger charge is 2.13. The molecular weight excluding hydrogens is 444 g/mol. The first-order valence-corrected chi connectivity index (χ1v) is 11.7. The van der Waals surface area contributed by atoms with Crippen molar-refractivity contribution in [2.45, 2.75) is 45.4 Å². The maximum atomic E-state index is 13.0. The van der Waals surface area contributed by atoms with Crippen LogP contribution >= 0.6 is 15.9 Å². The highest BCUT2D eigenvalue weighted by molar-refractivity contribution is 9.09. The number of methoxy groups -OCH3 is 1. The van der Waals surface area contributed by atoms with Gasteiger partial charge in [0, 0.05) is 16.5 Å². The number of hydrogen-bond acceptors (Lipinski definition) is 4. The van der Waals surface area contributed by atoms with Crippen molar-refractivity contribution in [2.24, 2.45) is 0 Å². The van der Waals surface area contributed by atoms with Gasteiger partial charge in [-0.25, -0.2) is 0 Å². The molecule has 0 saturated heterocycles. The van der Waals surface area contributed by atoms with Crippen LogP contribution in [0.2, 0.25) is 0 Å². The van der Waals surface area contributed by atoms with Crippen molar-refractivity contribution in [3.63, 3.8) is 0 Å². The number of ether oxygens (including phenoxy) is 2. The van der Waals surface area contributed by atoms with Gasteiger partial charge in [-0.2, -0.15) is 0 Å². The highest BCUT2D eigenvalue weighted by atomic mass is 79.9. The smallest absolute Gasteiger partial charge is 0.196 e. The van der Waals surface area contributed by atoms with Crippen LogP contribution in [0.25, 0.3) is 22.3 Å². The summed E-state index contributed by atoms with van der Waals surface area (Å²) >= 11 is 3.46. The summed E-state index contributed by atoms with van der Waals surface area (Å²) in [7, 11) is 1.63. The van der Waals surface area contributed by atoms with E-state index in [2.05, 4.69) is 15.9 Å². The Bertz CT molecular complexity index is 1010. The minimum Gasteiger partial charge on any atom is -0.497 e. The number of fused-ring (bicyclic) bond motifs is 1. The second-order valence-corrected chi connectivity index (χ2v) is 8.22. The molecule has 1 aromatic heterocycles. The normalized spacial score (nSPS) is 11.0. The van der Waals surface area contributed by atoms with Crippen LogP contribution in [0.4, 0.5) is 0 Å². The molecule has 0 aliphatic rings. The highest BCUT2D eigenvalue weighted by Crippen LogP contribution is 2.28. The van der Waals surface area contributed by atoms with Crippen LogP contribution in [0.5, 0.6) is 11.5 Å². The average molecular weight is 473 g/mol. The molecule has 4 nitrogen and oxygen atoms in total. The van der Waals surface area contributed by atoms with E-state index in [0.717, 1.165) is 23.1 Å². The fourth-order valence-corrected chi connectivity index (χ4v) is 3.86. The zero-order valence-electron chi connectivity index (χ0n) is 17.7. The molecule has 0 atom stereocenters. The third kappa shape index (κ3) is 5.66. The molecule has 3 aromatic rings. The first-order valence-electron chi connectivity index (χ1n) is 10.5. The molecule has 2 aromatic carbocycles. The summed E-state index contributed by atoms with van der Waals surface area (Å²) in [6.45, 7) is 2.46. The Labute approximate surface area is 186 Å². The van der Waals surface area contributed by atoms with Crippen molar-refractivity contribution in [3.05, 3.63) is 58.3 Å². The third-order valence-corrected chi connectivity index (χ3v) is 5.80. The summed E-state index contributed by atoms with van der Waals surface area (Å²) in [5.41, 5.74) is 1.98. The zero-order chi connectivity index (χ0) is 21.3. The molecule has 0 radical (unpaired) electrons. The molecule has 30 heavy (non-hydrogen) atoms. The first kappa shape index (κ1) is 22.4. The van der Waals surface area contributed by atoms with Gasteiger partial charge in [-0.15, -0.1) is 0 Å². The Balaban J connectivity index is 1.68. The number of halogens is 1. The summed E-state index contributed by atoms with van der Waals surface area (Å²) in [6.07, 6.45) is 7.24. The molecule has 3 rings (SSSR count). The third-order valence-electron chi connectivity index (χ3n) is 5.24. The van der Waals surface area contributed by atoms with E-state index < -0.39 is 0 Å². The van der Waals surface area contributed by atoms with Crippen molar-refractivity contribution in [2.75, 3.05) is 19.0 Å². The van der Waals surface area contributed by atoms with Crippen molar-refractivity contribution < 1.29 is 13.9 Å². The Morgan fingerprint density at radius 3 is 2.27 bits per heavy atom. The number of unbranched alkanes of at least 4 members (excludes halogenated alkanes) is 5. The molecule has 0 N–H and O–H groups in total. The lowest BCUT2D eigenvalue weighted by molar-refractivity contribution is 0.304. The van der Waals surface area contributed by atoms with Crippen LogP contribution < -0.4 is 14.9 Å². The standard InChI is InChI=1S/C25H29BrO4/c1-18-24(27)22-17-21(29-16-8-6-4-3-5-7-15-26)13-14-23(22)30-25(18)19-9-11-20(28-2)12-10-19/h9-14,17H,3-8,15-16H2,1-2H3. The Hall–Kier alpha value is -2.27. The van der Waals surface area contributed by atoms with E-state index in [9.17, 15) is 4.79 Å². The molecule has 160 valence electrons. The number of rotatable bonds is 11. The van der Waals surface area contributed by atoms with Gasteiger partial charge in [-0.1, -0.05) is 41.6 Å². The molecule has 0 aliphatic carbocycles. The average Bonchev–Trinajstić information content (AvgIpc) is 2.78. The molecule has 0 saturated carbocycles. The summed E-state index contributed by atoms with van der Waals surface area (Å²) in [4.78, 5) is 13.0. The Morgan fingerprint density at radius 1 is 0.900 bits per heavy atom. The minimum atomic E-state index is -0.0284. The minimum absolute atomic E-state index is 0.0284. The van der Waals surface area contributed by atoms with E-state index in [1.165, 1.54) is 32.1 Å². The quantitative estimate of drug-likeness (QED) is 0.225. The molecule has 0 aliphatic heterocycles. The van der Waals surface area contributed by atoms with Gasteiger partial charge in [0.15, 0.2) is 5.43 Å². The van der Waals surface area contributed by atoms with Crippen molar-refractivity contribution in [1.29, 1.82) is 0 Å². The lowest BCUT2D eigenvalue weighted by Crippen LogP contribution is -2.08. The SMILES string of the molecule is COc1ccc(-c2oc3ccc(OCCCCCCCCBr)cc3c(=O)c2C)cc1. The second-order valence-electron chi connectivity index (χ2n) is 7.43. The van der Waals surface area contributed by atoms with E-state index in [4.69, 9.17) is 13.9 Å². The number of benzene rings is 2. The van der Waals surface area contributed by atoms with E-state index in [1.807, 2.05) is 36.4 Å². The lowest BCUT2D eigenvalue weighted by Gasteiger charge is -2.10. The van der Waals surface area contributed by atoms with Crippen LogP contribution in [0.15, 0.2) is 51.7 Å². The van der Waals surface area contributed by atoms with Crippen LogP contribution in [0.1, 0.15) is 44.1 Å². The summed E-state index contributed by atoms with van der Waals surface area (Å²) in [5, 5.41) is 1.64. The number of hydrogen-bond donors (Lipinski definition) is 0. The van der Waals surface area contributed by atoms with E-state index >= 15 is 0 Å². The van der Waals surface area contributed by atoms with Gasteiger partial charge in [-0.3, -0.25) is 4.79 Å². The van der Waals surface area contributed by atoms with Gasteiger partial charge >= 0.3 is 0 Å². The zero-order valence-corrected chi connectivity index (χ0v) is 19.3. The van der Waals surface area contributed by atoms with Gasteiger partial charge in [-0.05, 0) is 62.2 Å². The maximum absolute atomic E-state index is 13.0. The van der Waals surface area contributed by atoms with Crippen LogP contribution in [0.3, 0.4) is 0 Å². The maximum Gasteiger partial charge on any atom is 0.196 e. The van der Waals surface area contributed by atoms with E-state index in [-0.39, 0.29) is 5.43 Å². The molecule has 0 spiro atoms. The Kier molecular flexibility index (Phi) is 8.38. The molecule has 5 heteroatoms. The van der Waals surface area contributed by atoms with Crippen LogP contribution in [-0.4, -0.2) is 19.0 Å². The molecule has 0 unspecified atom stereocenters. The van der Waals surface area contributed by atoms with Crippen LogP contribution in [0, 0.1) is 6.92 Å². The molecular formula is C25H29BrO4. The summed E-state index contributed by atoms with van der Waals surface area (Å²) < 4.78 is 17.2. The van der Waals surface area contributed by atoms with Gasteiger partial charge in [0.1, 0.15) is 22.8 Å². The van der Waals surface area contributed by atoms with E-state index in [0.29, 0.717) is 34.6 Å². The first-order chi connectivity index (χ1) is 14.6. The fourth-order valence-electron chi connectivity index (χ4n) is 3.47. The number of alkyl halides is 1. The van der Waals surface area contributed by atoms with Crippen molar-refractivity contribution in [3.8, 4) is 22.8 Å². The van der Waals surface area contributed by atoms with Gasteiger partial charge in [0.05, 0.1) is 19.1 Å². The molecule has 0 bridgehead atoms. The predicted octanol–water partition coefficient (Wildman–Crippen LogP) is 6.89. The van der Waals surface area contributed by atoms with Crippen molar-refractivity contribution in [1.82, 2.24) is 0 Å². The van der Waals surface area contributed by atoms with Gasteiger partial charge < -0.3 is 13.9 Å². The van der Waals surface area contributed by atoms with Gasteiger partial charge in [0.2, 0.25) is 0 Å². The second kappa shape index (κ2) is 11.2. The summed E-state index contributed by atoms with van der Waals surface area (Å²) in [6, 6.07) is 13.0. The van der Waals surface area contributed by atoms with Crippen LogP contribution in [-0.2, 0) is 0 Å². The molecule has 1 heterocycles.